The van der Waals surface area contributed by atoms with E-state index in [1.165, 1.54) is 244 Å². The third-order valence-corrected chi connectivity index (χ3v) is 19.4. The minimum atomic E-state index is -1.97. The van der Waals surface area contributed by atoms with Crippen LogP contribution in [0.1, 0.15) is 322 Å². The summed E-state index contributed by atoms with van der Waals surface area (Å²) in [7, 11) is 0. The average Bonchev–Trinajstić information content (AvgIpc) is 0.885. The van der Waals surface area contributed by atoms with E-state index in [1.807, 2.05) is 0 Å². The lowest BCUT2D eigenvalue weighted by molar-refractivity contribution is -0.379. The second-order valence-corrected chi connectivity index (χ2v) is 27.5. The number of ether oxygens (including phenoxy) is 6. The highest BCUT2D eigenvalue weighted by atomic mass is 16.8. The predicted octanol–water partition coefficient (Wildman–Crippen LogP) is 11.1. The molecule has 540 valence electrons. The first-order valence-electron chi connectivity index (χ1n) is 37.8. The van der Waals surface area contributed by atoms with Gasteiger partial charge >= 0.3 is 0 Å². The predicted molar refractivity (Wildman–Crippen MR) is 356 cm³/mol. The van der Waals surface area contributed by atoms with Crippen molar-refractivity contribution in [2.75, 3.05) is 26.4 Å². The molecular weight excluding hydrogens is 1170 g/mol. The van der Waals surface area contributed by atoms with Gasteiger partial charge < -0.3 is 89.9 Å². The number of rotatable bonds is 60. The van der Waals surface area contributed by atoms with Crippen LogP contribution in [0.5, 0.6) is 0 Å². The van der Waals surface area contributed by atoms with E-state index in [2.05, 4.69) is 19.2 Å². The van der Waals surface area contributed by atoms with E-state index in [9.17, 15) is 61.0 Å². The van der Waals surface area contributed by atoms with Crippen LogP contribution in [-0.2, 0) is 33.2 Å². The fourth-order valence-electron chi connectivity index (χ4n) is 13.3. The van der Waals surface area contributed by atoms with E-state index in [0.717, 1.165) is 44.9 Å². The topological polar surface area (TPSA) is 307 Å². The van der Waals surface area contributed by atoms with E-state index in [-0.39, 0.29) is 18.9 Å². The van der Waals surface area contributed by atoms with Crippen molar-refractivity contribution in [2.45, 2.75) is 426 Å². The van der Waals surface area contributed by atoms with E-state index >= 15 is 0 Å². The quantitative estimate of drug-likeness (QED) is 0.0252. The Morgan fingerprint density at radius 1 is 0.352 bits per heavy atom. The number of unbranched alkanes of at least 4 members (excludes halogenated alkanes) is 44. The summed E-state index contributed by atoms with van der Waals surface area (Å²) in [5.74, 6) is -0.234. The van der Waals surface area contributed by atoms with Gasteiger partial charge in [-0.05, 0) is 12.8 Å². The highest BCUT2D eigenvalue weighted by Gasteiger charge is 2.53. The van der Waals surface area contributed by atoms with Gasteiger partial charge in [-0.3, -0.25) is 4.79 Å². The van der Waals surface area contributed by atoms with Crippen LogP contribution in [0.3, 0.4) is 0 Å². The Hall–Kier alpha value is -1.21. The second kappa shape index (κ2) is 54.8. The molecule has 3 fully saturated rings. The molecule has 0 bridgehead atoms. The number of aliphatic hydroxyl groups excluding tert-OH is 11. The molecular formula is C72H139NO18. The van der Waals surface area contributed by atoms with Crippen LogP contribution in [0.2, 0.25) is 0 Å². The van der Waals surface area contributed by atoms with Crippen LogP contribution in [-0.4, -0.2) is 193 Å². The lowest BCUT2D eigenvalue weighted by Gasteiger charge is -2.48. The number of amides is 1. The molecule has 17 unspecified atom stereocenters. The first-order chi connectivity index (χ1) is 44.3. The van der Waals surface area contributed by atoms with Crippen molar-refractivity contribution in [1.29, 1.82) is 0 Å². The molecule has 0 saturated carbocycles. The van der Waals surface area contributed by atoms with Gasteiger partial charge in [0, 0.05) is 6.42 Å². The summed E-state index contributed by atoms with van der Waals surface area (Å²) >= 11 is 0. The first kappa shape index (κ1) is 84.0. The van der Waals surface area contributed by atoms with Gasteiger partial charge in [0.15, 0.2) is 18.9 Å². The zero-order chi connectivity index (χ0) is 66.1. The Labute approximate surface area is 551 Å². The van der Waals surface area contributed by atoms with Gasteiger partial charge in [0.1, 0.15) is 73.2 Å². The average molecular weight is 1310 g/mol. The summed E-state index contributed by atoms with van der Waals surface area (Å²) < 4.78 is 34.5. The molecule has 12 N–H and O–H groups in total. The number of hydrogen-bond donors (Lipinski definition) is 12. The Bertz CT molecular complexity index is 1650. The van der Waals surface area contributed by atoms with Crippen molar-refractivity contribution in [3.63, 3.8) is 0 Å². The maximum absolute atomic E-state index is 13.4. The Morgan fingerprint density at radius 2 is 0.626 bits per heavy atom. The third kappa shape index (κ3) is 36.3. The van der Waals surface area contributed by atoms with E-state index in [0.29, 0.717) is 12.8 Å². The van der Waals surface area contributed by atoms with Crippen LogP contribution >= 0.6 is 0 Å². The molecule has 3 rings (SSSR count). The van der Waals surface area contributed by atoms with Crippen molar-refractivity contribution in [2.24, 2.45) is 0 Å². The molecule has 3 heterocycles. The minimum Gasteiger partial charge on any atom is -0.394 e. The summed E-state index contributed by atoms with van der Waals surface area (Å²) in [6, 6.07) is -0.882. The molecule has 0 aliphatic carbocycles. The molecule has 0 radical (unpaired) electrons. The normalized spacial score (nSPS) is 27.8. The number of hydrogen-bond acceptors (Lipinski definition) is 18. The standard InChI is InChI=1S/C72H139NO18/c1-3-5-7-9-11-13-15-17-19-21-23-24-25-26-27-28-29-30-32-33-35-37-39-41-43-45-47-49-56(77)55(73-60(78)50-48-46-44-42-40-38-36-34-31-22-20-18-16-14-12-10-8-6-4-2)54-86-70-66(84)63(81)68(58(52-75)88-70)91-72-67(85)64(82)69(59(53-76)89-72)90-71-65(83)62(80)61(79)57(51-74)87-71/h55-59,61-72,74-77,79-85H,3-54H2,1-2H3,(H,73,78). The second-order valence-electron chi connectivity index (χ2n) is 27.5. The van der Waals surface area contributed by atoms with E-state index < -0.39 is 124 Å². The fraction of sp³-hybridized carbons (Fsp3) is 0.986. The van der Waals surface area contributed by atoms with Crippen LogP contribution in [0.4, 0.5) is 0 Å². The molecule has 1 amide bonds. The molecule has 0 aromatic rings. The van der Waals surface area contributed by atoms with Crippen molar-refractivity contribution in [3.8, 4) is 0 Å². The van der Waals surface area contributed by atoms with Gasteiger partial charge in [-0.25, -0.2) is 0 Å². The molecule has 19 heteroatoms. The molecule has 3 aliphatic heterocycles. The van der Waals surface area contributed by atoms with Gasteiger partial charge in [0.2, 0.25) is 5.91 Å². The smallest absolute Gasteiger partial charge is 0.220 e. The largest absolute Gasteiger partial charge is 0.394 e. The molecule has 19 nitrogen and oxygen atoms in total. The number of nitrogens with one attached hydrogen (secondary N) is 1. The van der Waals surface area contributed by atoms with Gasteiger partial charge in [-0.1, -0.05) is 303 Å². The molecule has 0 aromatic heterocycles. The van der Waals surface area contributed by atoms with Crippen LogP contribution in [0.25, 0.3) is 0 Å². The Morgan fingerprint density at radius 3 is 0.956 bits per heavy atom. The molecule has 91 heavy (non-hydrogen) atoms. The lowest BCUT2D eigenvalue weighted by Crippen LogP contribution is -2.66. The minimum absolute atomic E-state index is 0.234. The van der Waals surface area contributed by atoms with Crippen LogP contribution < -0.4 is 5.32 Å². The molecule has 3 aliphatic rings. The van der Waals surface area contributed by atoms with Crippen molar-refractivity contribution in [1.82, 2.24) is 5.32 Å². The Kier molecular flexibility index (Phi) is 50.6. The molecule has 0 aromatic carbocycles. The summed E-state index contributed by atoms with van der Waals surface area (Å²) in [4.78, 5) is 13.4. The summed E-state index contributed by atoms with van der Waals surface area (Å²) in [6.45, 7) is 1.86. The van der Waals surface area contributed by atoms with Gasteiger partial charge in [-0.15, -0.1) is 0 Å². The van der Waals surface area contributed by atoms with Gasteiger partial charge in [-0.2, -0.15) is 0 Å². The number of carbonyl (C=O) groups is 1. The lowest BCUT2D eigenvalue weighted by atomic mass is 9.96. The summed E-state index contributed by atoms with van der Waals surface area (Å²) in [5, 5.41) is 121. The van der Waals surface area contributed by atoms with E-state index in [4.69, 9.17) is 28.4 Å². The van der Waals surface area contributed by atoms with E-state index in [1.54, 1.807) is 0 Å². The SMILES string of the molecule is CCCCCCCCCCCCCCCCCCCCCCCCCCCCCC(O)C(COC1OC(CO)C(OC2OC(CO)C(OC3OC(CO)C(O)C(O)C3O)C(O)C2O)C(O)C1O)NC(=O)CCCCCCCCCCCCCCCCCCCCC. The van der Waals surface area contributed by atoms with Crippen LogP contribution in [0, 0.1) is 0 Å². The maximum Gasteiger partial charge on any atom is 0.220 e. The van der Waals surface area contributed by atoms with Crippen molar-refractivity contribution < 1.29 is 89.4 Å². The summed E-state index contributed by atoms with van der Waals surface area (Å²) in [6.07, 6.45) is 33.3. The highest BCUT2D eigenvalue weighted by Crippen LogP contribution is 2.33. The zero-order valence-electron chi connectivity index (χ0n) is 57.4. The molecule has 0 spiro atoms. The number of carbonyl (C=O) groups excluding carboxylic acids is 1. The highest BCUT2D eigenvalue weighted by molar-refractivity contribution is 5.76. The molecule has 3 saturated heterocycles. The fourth-order valence-corrected chi connectivity index (χ4v) is 13.3. The van der Waals surface area contributed by atoms with Crippen molar-refractivity contribution in [3.05, 3.63) is 0 Å². The monoisotopic (exact) mass is 1310 g/mol. The van der Waals surface area contributed by atoms with Crippen molar-refractivity contribution >= 4 is 5.91 Å². The Balaban J connectivity index is 1.39. The molecule has 17 atom stereocenters. The summed E-state index contributed by atoms with van der Waals surface area (Å²) in [5.41, 5.74) is 0. The van der Waals surface area contributed by atoms with Gasteiger partial charge in [0.25, 0.3) is 0 Å². The maximum atomic E-state index is 13.4. The van der Waals surface area contributed by atoms with Gasteiger partial charge in [0.05, 0.1) is 38.6 Å². The third-order valence-electron chi connectivity index (χ3n) is 19.4. The first-order valence-corrected chi connectivity index (χ1v) is 37.8. The zero-order valence-corrected chi connectivity index (χ0v) is 57.4. The number of aliphatic hydroxyl groups is 11. The van der Waals surface area contributed by atoms with Crippen LogP contribution in [0.15, 0.2) is 0 Å².